The minimum Gasteiger partial charge on any atom is -0.503 e. The van der Waals surface area contributed by atoms with Crippen molar-refractivity contribution in [3.8, 4) is 28.4 Å². The van der Waals surface area contributed by atoms with E-state index in [0.717, 1.165) is 60.6 Å². The van der Waals surface area contributed by atoms with Crippen LogP contribution in [0.1, 0.15) is 50.7 Å². The molecule has 0 aliphatic carbocycles. The molecule has 0 unspecified atom stereocenters. The van der Waals surface area contributed by atoms with E-state index < -0.39 is 0 Å². The van der Waals surface area contributed by atoms with E-state index in [0.29, 0.717) is 23.3 Å². The molecule has 0 amide bonds. The van der Waals surface area contributed by atoms with Gasteiger partial charge in [0.1, 0.15) is 5.82 Å². The number of hydrogen-bond donors (Lipinski definition) is 0. The quantitative estimate of drug-likeness (QED) is 0.0957. The number of ether oxygens (including phenoxy) is 1. The molecule has 0 spiro atoms. The van der Waals surface area contributed by atoms with E-state index in [1.54, 1.807) is 0 Å². The van der Waals surface area contributed by atoms with Gasteiger partial charge in [0.25, 0.3) is 0 Å². The summed E-state index contributed by atoms with van der Waals surface area (Å²) >= 11 is 0. The summed E-state index contributed by atoms with van der Waals surface area (Å²) in [6.45, 7) is 9.15. The summed E-state index contributed by atoms with van der Waals surface area (Å²) in [6, 6.07) is 51.8. The van der Waals surface area contributed by atoms with E-state index >= 15 is 0 Å². The van der Waals surface area contributed by atoms with Crippen molar-refractivity contribution < 1.29 is 25.2 Å². The van der Waals surface area contributed by atoms with Gasteiger partial charge >= 0.3 is 20.4 Å². The fourth-order valence-electron chi connectivity index (χ4n) is 8.21. The molecule has 0 aliphatic rings. The molecule has 10 rings (SSSR count). The van der Waals surface area contributed by atoms with E-state index in [-0.39, 0.29) is 20.4 Å². The number of hydrogen-bond acceptors (Lipinski definition) is 3. The first-order chi connectivity index (χ1) is 26.0. The Hall–Kier alpha value is -5.80. The van der Waals surface area contributed by atoms with Crippen molar-refractivity contribution in [2.75, 3.05) is 0 Å². The Balaban J connectivity index is 0.00000384. The number of pyridine rings is 2. The monoisotopic (exact) mass is 790 g/mol. The molecule has 54 heavy (non-hydrogen) atoms. The summed E-state index contributed by atoms with van der Waals surface area (Å²) in [5, 5.41) is 5.42. The van der Waals surface area contributed by atoms with Gasteiger partial charge in [-0.2, -0.15) is 6.07 Å². The van der Waals surface area contributed by atoms with Crippen LogP contribution in [0.5, 0.6) is 11.5 Å². The van der Waals surface area contributed by atoms with E-state index in [4.69, 9.17) is 9.72 Å². The van der Waals surface area contributed by atoms with Gasteiger partial charge in [-0.25, -0.2) is 4.98 Å². The Morgan fingerprint density at radius 2 is 1.26 bits per heavy atom. The van der Waals surface area contributed by atoms with Crippen molar-refractivity contribution in [1.82, 2.24) is 18.9 Å². The van der Waals surface area contributed by atoms with Gasteiger partial charge < -0.3 is 13.7 Å². The first kappa shape index (κ1) is 34.0. The van der Waals surface area contributed by atoms with Gasteiger partial charge in [0.2, 0.25) is 0 Å². The number of imidazole rings is 1. The summed E-state index contributed by atoms with van der Waals surface area (Å²) in [5.41, 5.74) is 11.2. The third-order valence-electron chi connectivity index (χ3n) is 10.6. The van der Waals surface area contributed by atoms with Crippen LogP contribution in [0.15, 0.2) is 134 Å². The van der Waals surface area contributed by atoms with Crippen molar-refractivity contribution in [3.05, 3.63) is 157 Å². The Morgan fingerprint density at radius 3 is 2.02 bits per heavy atom. The van der Waals surface area contributed by atoms with Crippen LogP contribution < -0.4 is 4.74 Å². The first-order valence-electron chi connectivity index (χ1n) is 18.3. The number of rotatable bonds is 6. The van der Waals surface area contributed by atoms with Gasteiger partial charge in [0.15, 0.2) is 0 Å². The number of fused-ring (bicyclic) bond motifs is 11. The van der Waals surface area contributed by atoms with E-state index in [1.165, 1.54) is 27.6 Å². The molecule has 0 fully saturated rings. The van der Waals surface area contributed by atoms with Crippen LogP contribution in [0.2, 0.25) is 0 Å². The molecular weight excluding hydrogens is 755 g/mol. The first-order valence-corrected chi connectivity index (χ1v) is 18.3. The molecule has 0 N–H and O–H groups in total. The molecule has 0 saturated heterocycles. The van der Waals surface area contributed by atoms with Crippen LogP contribution >= 0.6 is 0 Å². The van der Waals surface area contributed by atoms with Crippen molar-refractivity contribution in [1.29, 1.82) is 0 Å². The van der Waals surface area contributed by atoms with Crippen LogP contribution in [0.3, 0.4) is 0 Å². The average molecular weight is 791 g/mol. The number of aromatic nitrogens is 4. The molecule has 4 heterocycles. The summed E-state index contributed by atoms with van der Waals surface area (Å²) in [4.78, 5) is 9.89. The Bertz CT molecular complexity index is 3020. The topological polar surface area (TPSA) is 44.3 Å². The molecular formula is C48H36N4OPd. The van der Waals surface area contributed by atoms with Crippen LogP contribution in [0.4, 0.5) is 0 Å². The van der Waals surface area contributed by atoms with Crippen molar-refractivity contribution in [3.63, 3.8) is 0 Å². The van der Waals surface area contributed by atoms with Crippen LogP contribution in [-0.4, -0.2) is 18.9 Å². The minimum absolute atomic E-state index is 0. The van der Waals surface area contributed by atoms with Gasteiger partial charge in [-0.05, 0) is 81.3 Å². The maximum absolute atomic E-state index is 6.65. The maximum atomic E-state index is 6.65. The standard InChI is InChI=1S/C48H36N4O.Pd/c1-29(2)33-14-11-15-34(30(3)4)46(33)38-16-12-20-43-47(38)37-25-23-31(27-39(37)48-50-40-17-6-8-19-42(40)52(43)48)53-32-22-24-36-35-13-5-7-18-41(35)51(44(36)28-32)45-21-9-10-26-49-45;/h5-26,29-30H,1-4H3;/q-2;+2. The maximum Gasteiger partial charge on any atom is 2.00 e. The molecule has 10 aromatic rings. The fraction of sp³-hybridized carbons (Fsp3) is 0.125. The van der Waals surface area contributed by atoms with Crippen LogP contribution in [-0.2, 0) is 20.4 Å². The molecule has 4 aromatic heterocycles. The second-order valence-corrected chi connectivity index (χ2v) is 14.4. The van der Waals surface area contributed by atoms with E-state index in [9.17, 15) is 0 Å². The number of benzene rings is 6. The third-order valence-corrected chi connectivity index (χ3v) is 10.6. The van der Waals surface area contributed by atoms with Gasteiger partial charge in [-0.1, -0.05) is 117 Å². The predicted molar refractivity (Wildman–Crippen MR) is 218 cm³/mol. The second-order valence-electron chi connectivity index (χ2n) is 14.4. The SMILES string of the molecule is CC(C)c1cccc(C(C)C)c1-c1cccc2c1c1ccc(Oc3[c-]c4c(cc3)c3ccccc3n4-c3ccccn3)[c-]c1c1nc3ccccc3n21.[Pd+2]. The fourth-order valence-corrected chi connectivity index (χ4v) is 8.21. The Labute approximate surface area is 327 Å². The molecule has 0 atom stereocenters. The van der Waals surface area contributed by atoms with Crippen molar-refractivity contribution in [2.45, 2.75) is 39.5 Å². The average Bonchev–Trinajstić information content (AvgIpc) is 3.74. The zero-order valence-electron chi connectivity index (χ0n) is 30.4. The number of para-hydroxylation sites is 3. The largest absolute Gasteiger partial charge is 2.00 e. The van der Waals surface area contributed by atoms with Gasteiger partial charge in [0, 0.05) is 28.7 Å². The smallest absolute Gasteiger partial charge is 0.503 e. The van der Waals surface area contributed by atoms with Crippen molar-refractivity contribution in [2.24, 2.45) is 0 Å². The number of nitrogens with zero attached hydrogens (tertiary/aromatic N) is 4. The molecule has 264 valence electrons. The molecule has 5 nitrogen and oxygen atoms in total. The predicted octanol–water partition coefficient (Wildman–Crippen LogP) is 12.6. The molecule has 0 bridgehead atoms. The van der Waals surface area contributed by atoms with E-state index in [2.05, 4.69) is 145 Å². The molecule has 0 radical (unpaired) electrons. The van der Waals surface area contributed by atoms with Crippen LogP contribution in [0.25, 0.3) is 77.1 Å². The molecule has 6 heteroatoms. The molecule has 0 aliphatic heterocycles. The zero-order valence-corrected chi connectivity index (χ0v) is 31.9. The molecule has 0 saturated carbocycles. The summed E-state index contributed by atoms with van der Waals surface area (Å²) in [5.74, 6) is 2.76. The Kier molecular flexibility index (Phi) is 8.34. The third kappa shape index (κ3) is 5.24. The normalized spacial score (nSPS) is 11.9. The second kappa shape index (κ2) is 13.3. The minimum atomic E-state index is 0. The van der Waals surface area contributed by atoms with E-state index in [1.807, 2.05) is 42.6 Å². The van der Waals surface area contributed by atoms with Gasteiger partial charge in [-0.15, -0.1) is 29.7 Å². The summed E-state index contributed by atoms with van der Waals surface area (Å²) in [6.07, 6.45) is 1.82. The summed E-state index contributed by atoms with van der Waals surface area (Å²) < 4.78 is 11.1. The summed E-state index contributed by atoms with van der Waals surface area (Å²) in [7, 11) is 0. The van der Waals surface area contributed by atoms with Crippen LogP contribution in [0, 0.1) is 12.1 Å². The van der Waals surface area contributed by atoms with Crippen molar-refractivity contribution >= 4 is 60.2 Å². The van der Waals surface area contributed by atoms with Gasteiger partial charge in [0.05, 0.1) is 16.7 Å². The zero-order chi connectivity index (χ0) is 35.8. The molecule has 6 aromatic carbocycles. The Morgan fingerprint density at radius 1 is 0.593 bits per heavy atom. The van der Waals surface area contributed by atoms with Gasteiger partial charge in [-0.3, -0.25) is 4.98 Å².